The minimum atomic E-state index is -1.13. The lowest BCUT2D eigenvalue weighted by molar-refractivity contribution is -0.132. The van der Waals surface area contributed by atoms with Gasteiger partial charge in [0.2, 0.25) is 0 Å². The molecule has 1 saturated heterocycles. The molecule has 0 aliphatic carbocycles. The molecule has 0 radical (unpaired) electrons. The van der Waals surface area contributed by atoms with Crippen molar-refractivity contribution in [2.75, 3.05) is 25.7 Å². The lowest BCUT2D eigenvalue weighted by atomic mass is 9.94. The Morgan fingerprint density at radius 2 is 1.79 bits per heavy atom. The molecule has 198 valence electrons. The largest absolute Gasteiger partial charge is 0.507 e. The topological polar surface area (TPSA) is 135 Å². The number of carbonyl (C=O) groups is 3. The van der Waals surface area contributed by atoms with Gasteiger partial charge in [-0.3, -0.25) is 14.5 Å². The Labute approximate surface area is 222 Å². The van der Waals surface area contributed by atoms with E-state index >= 15 is 0 Å². The van der Waals surface area contributed by atoms with Crippen molar-refractivity contribution in [3.05, 3.63) is 69.2 Å². The van der Waals surface area contributed by atoms with Crippen LogP contribution in [0.15, 0.2) is 42.0 Å². The minimum absolute atomic E-state index is 0.0784. The number of amides is 1. The number of phenolic OH excluding ortho intramolecular Hbond substituents is 1. The number of ether oxygens (including phenoxy) is 3. The average molecular weight is 539 g/mol. The quantitative estimate of drug-likeness (QED) is 0.195. The first-order valence-electron chi connectivity index (χ1n) is 11.6. The van der Waals surface area contributed by atoms with Crippen LogP contribution in [-0.2, 0) is 14.3 Å². The predicted octanol–water partition coefficient (Wildman–Crippen LogP) is 4.29. The number of carbonyl (C=O) groups excluding carboxylic acids is 3. The fraction of sp³-hybridized carbons (Fsp3) is 0.259. The molecule has 1 unspecified atom stereocenters. The van der Waals surface area contributed by atoms with E-state index in [0.717, 1.165) is 16.2 Å². The van der Waals surface area contributed by atoms with Crippen molar-refractivity contribution < 1.29 is 38.8 Å². The van der Waals surface area contributed by atoms with E-state index in [2.05, 4.69) is 4.98 Å². The summed E-state index contributed by atoms with van der Waals surface area (Å²) < 4.78 is 15.6. The predicted molar refractivity (Wildman–Crippen MR) is 140 cm³/mol. The number of aryl methyl sites for hydroxylation is 2. The number of thiazole rings is 1. The highest BCUT2D eigenvalue weighted by Crippen LogP contribution is 2.45. The first kappa shape index (κ1) is 26.7. The van der Waals surface area contributed by atoms with Gasteiger partial charge in [-0.25, -0.2) is 9.78 Å². The average Bonchev–Trinajstić information content (AvgIpc) is 3.40. The molecule has 0 spiro atoms. The molecule has 2 heterocycles. The van der Waals surface area contributed by atoms with Crippen LogP contribution in [0.3, 0.4) is 0 Å². The minimum Gasteiger partial charge on any atom is -0.507 e. The molecule has 0 bridgehead atoms. The Hall–Kier alpha value is -4.38. The maximum Gasteiger partial charge on any atom is 0.350 e. The van der Waals surface area contributed by atoms with Gasteiger partial charge in [0, 0.05) is 5.56 Å². The molecule has 2 N–H and O–H groups in total. The number of aliphatic hydroxyl groups is 1. The van der Waals surface area contributed by atoms with E-state index in [0.29, 0.717) is 28.1 Å². The summed E-state index contributed by atoms with van der Waals surface area (Å²) in [7, 11) is 2.89. The number of anilines is 1. The Morgan fingerprint density at radius 1 is 1.08 bits per heavy atom. The van der Waals surface area contributed by atoms with Gasteiger partial charge in [0.15, 0.2) is 16.6 Å². The van der Waals surface area contributed by atoms with Gasteiger partial charge < -0.3 is 24.4 Å². The van der Waals surface area contributed by atoms with E-state index < -0.39 is 29.5 Å². The summed E-state index contributed by atoms with van der Waals surface area (Å²) in [5.41, 5.74) is 1.54. The highest BCUT2D eigenvalue weighted by atomic mass is 32.1. The van der Waals surface area contributed by atoms with Crippen LogP contribution < -0.4 is 14.4 Å². The van der Waals surface area contributed by atoms with E-state index in [1.165, 1.54) is 32.4 Å². The first-order valence-corrected chi connectivity index (χ1v) is 12.4. The van der Waals surface area contributed by atoms with Crippen molar-refractivity contribution in [3.8, 4) is 17.2 Å². The number of methoxy groups -OCH3 is 2. The van der Waals surface area contributed by atoms with Crippen molar-refractivity contribution >= 4 is 39.9 Å². The monoisotopic (exact) mass is 538 g/mol. The van der Waals surface area contributed by atoms with E-state index in [9.17, 15) is 24.6 Å². The van der Waals surface area contributed by atoms with Crippen molar-refractivity contribution in [2.45, 2.75) is 26.8 Å². The summed E-state index contributed by atoms with van der Waals surface area (Å²) in [4.78, 5) is 45.0. The van der Waals surface area contributed by atoms with E-state index in [1.54, 1.807) is 39.0 Å². The summed E-state index contributed by atoms with van der Waals surface area (Å²) in [6, 6.07) is 8.08. The van der Waals surface area contributed by atoms with E-state index in [-0.39, 0.29) is 33.7 Å². The summed E-state index contributed by atoms with van der Waals surface area (Å²) in [6.07, 6.45) is 0. The van der Waals surface area contributed by atoms with Crippen LogP contribution in [0.25, 0.3) is 5.76 Å². The number of esters is 1. The van der Waals surface area contributed by atoms with Gasteiger partial charge in [0.25, 0.3) is 5.78 Å². The number of Topliss-reactive ketones (excluding diaryl/α,β-unsaturated/α-hetero) is 1. The highest BCUT2D eigenvalue weighted by molar-refractivity contribution is 7.17. The number of rotatable bonds is 7. The Balaban J connectivity index is 1.95. The Morgan fingerprint density at radius 3 is 2.42 bits per heavy atom. The van der Waals surface area contributed by atoms with Crippen molar-refractivity contribution in [2.24, 2.45) is 0 Å². The molecule has 1 fully saturated rings. The summed E-state index contributed by atoms with van der Waals surface area (Å²) in [5.74, 6) is -2.30. The zero-order chi connectivity index (χ0) is 27.7. The standard InChI is InChI=1S/C27H26N2O8S/c1-6-37-26(34)24-14(3)28-27(38-24)29-21(15-7-9-17(30)19(12-15)36-5)20(23(32)25(29)33)22(31)16-8-10-18(35-4)13(2)11-16/h7-12,21,30-31H,6H2,1-5H3/b22-20+. The first-order chi connectivity index (χ1) is 18.1. The molecule has 4 rings (SSSR count). The molecule has 1 atom stereocenters. The number of nitrogens with zero attached hydrogens (tertiary/aromatic N) is 2. The summed E-state index contributed by atoms with van der Waals surface area (Å²) in [6.45, 7) is 5.21. The smallest absolute Gasteiger partial charge is 0.350 e. The molecule has 1 aliphatic heterocycles. The lowest BCUT2D eigenvalue weighted by Crippen LogP contribution is -2.29. The third kappa shape index (κ3) is 4.56. The number of hydrogen-bond donors (Lipinski definition) is 2. The summed E-state index contributed by atoms with van der Waals surface area (Å²) >= 11 is 0.905. The second kappa shape index (κ2) is 10.5. The fourth-order valence-electron chi connectivity index (χ4n) is 4.26. The SMILES string of the molecule is CCOC(=O)c1sc(N2C(=O)C(=O)/C(=C(/O)c3ccc(OC)c(C)c3)C2c2ccc(O)c(OC)c2)nc1C. The number of aromatic hydroxyl groups is 1. The zero-order valence-electron chi connectivity index (χ0n) is 21.4. The normalized spacial score (nSPS) is 16.6. The van der Waals surface area contributed by atoms with Gasteiger partial charge in [-0.2, -0.15) is 0 Å². The highest BCUT2D eigenvalue weighted by Gasteiger charge is 2.48. The third-order valence-corrected chi connectivity index (χ3v) is 7.22. The number of ketones is 1. The molecule has 1 aliphatic rings. The van der Waals surface area contributed by atoms with Crippen LogP contribution in [0.5, 0.6) is 17.2 Å². The van der Waals surface area contributed by atoms with Crippen molar-refractivity contribution in [1.82, 2.24) is 4.98 Å². The molecule has 1 aromatic heterocycles. The molecule has 1 amide bonds. The van der Waals surface area contributed by atoms with Gasteiger partial charge in [-0.15, -0.1) is 0 Å². The Kier molecular flexibility index (Phi) is 7.40. The maximum absolute atomic E-state index is 13.4. The van der Waals surface area contributed by atoms with E-state index in [1.807, 2.05) is 0 Å². The third-order valence-electron chi connectivity index (χ3n) is 6.08. The zero-order valence-corrected chi connectivity index (χ0v) is 22.2. The lowest BCUT2D eigenvalue weighted by Gasteiger charge is -2.23. The van der Waals surface area contributed by atoms with Crippen LogP contribution in [0.2, 0.25) is 0 Å². The molecule has 0 saturated carbocycles. The maximum atomic E-state index is 13.4. The molecule has 11 heteroatoms. The number of hydrogen-bond acceptors (Lipinski definition) is 10. The summed E-state index contributed by atoms with van der Waals surface area (Å²) in [5, 5.41) is 21.6. The van der Waals surface area contributed by atoms with Crippen molar-refractivity contribution in [1.29, 1.82) is 0 Å². The van der Waals surface area contributed by atoms with Gasteiger partial charge in [-0.1, -0.05) is 17.4 Å². The van der Waals surface area contributed by atoms with Crippen LogP contribution >= 0.6 is 11.3 Å². The fourth-order valence-corrected chi connectivity index (χ4v) is 5.25. The van der Waals surface area contributed by atoms with Crippen molar-refractivity contribution in [3.63, 3.8) is 0 Å². The second-order valence-electron chi connectivity index (χ2n) is 8.42. The second-order valence-corrected chi connectivity index (χ2v) is 9.39. The van der Waals surface area contributed by atoms with Crippen LogP contribution in [-0.4, -0.2) is 53.7 Å². The van der Waals surface area contributed by atoms with Crippen LogP contribution in [0.1, 0.15) is 45.0 Å². The Bertz CT molecular complexity index is 1480. The number of phenols is 1. The molecule has 38 heavy (non-hydrogen) atoms. The van der Waals surface area contributed by atoms with E-state index in [4.69, 9.17) is 14.2 Å². The van der Waals surface area contributed by atoms with Gasteiger partial charge >= 0.3 is 11.9 Å². The van der Waals surface area contributed by atoms with Gasteiger partial charge in [0.1, 0.15) is 16.4 Å². The number of aromatic nitrogens is 1. The molecular weight excluding hydrogens is 512 g/mol. The molecular formula is C27H26N2O8S. The number of benzene rings is 2. The van der Waals surface area contributed by atoms with Crippen LogP contribution in [0.4, 0.5) is 5.13 Å². The van der Waals surface area contributed by atoms with Gasteiger partial charge in [-0.05, 0) is 62.2 Å². The number of aliphatic hydroxyl groups excluding tert-OH is 1. The molecule has 10 nitrogen and oxygen atoms in total. The molecule has 2 aromatic carbocycles. The molecule has 3 aromatic rings. The van der Waals surface area contributed by atoms with Crippen LogP contribution in [0, 0.1) is 13.8 Å². The van der Waals surface area contributed by atoms with Gasteiger partial charge in [0.05, 0.1) is 38.1 Å².